The lowest BCUT2D eigenvalue weighted by Crippen LogP contribution is -2.40. The van der Waals surface area contributed by atoms with Gasteiger partial charge in [0.1, 0.15) is 6.10 Å². The molecule has 2 nitrogen and oxygen atoms in total. The Balaban J connectivity index is 1.98. The average Bonchev–Trinajstić information content (AvgIpc) is 2.15. The SMILES string of the molecule is CC(C)(C)[C@@H]1CC[C@H]2OC(=O)CC[C@@H]2C1. The van der Waals surface area contributed by atoms with Crippen molar-refractivity contribution in [3.05, 3.63) is 0 Å². The summed E-state index contributed by atoms with van der Waals surface area (Å²) in [5.74, 6) is 1.46. The number of carbonyl (C=O) groups is 1. The van der Waals surface area contributed by atoms with Crippen LogP contribution in [-0.2, 0) is 9.53 Å². The van der Waals surface area contributed by atoms with E-state index in [0.717, 1.165) is 18.8 Å². The fourth-order valence-corrected chi connectivity index (χ4v) is 3.01. The standard InChI is InChI=1S/C13H22O2/c1-13(2,3)10-5-6-11-9(8-10)4-7-12(14)15-11/h9-11H,4-8H2,1-3H3/t9-,10-,11-/m1/s1. The van der Waals surface area contributed by atoms with Crippen LogP contribution < -0.4 is 0 Å². The Morgan fingerprint density at radius 1 is 1.20 bits per heavy atom. The molecule has 86 valence electrons. The van der Waals surface area contributed by atoms with E-state index in [1.807, 2.05) is 0 Å². The van der Waals surface area contributed by atoms with Crippen molar-refractivity contribution in [3.63, 3.8) is 0 Å². The zero-order valence-electron chi connectivity index (χ0n) is 10.1. The maximum Gasteiger partial charge on any atom is 0.306 e. The summed E-state index contributed by atoms with van der Waals surface area (Å²) in [6.07, 6.45) is 5.48. The Morgan fingerprint density at radius 3 is 2.60 bits per heavy atom. The zero-order chi connectivity index (χ0) is 11.1. The van der Waals surface area contributed by atoms with Crippen LogP contribution in [0.15, 0.2) is 0 Å². The van der Waals surface area contributed by atoms with E-state index < -0.39 is 0 Å². The fourth-order valence-electron chi connectivity index (χ4n) is 3.01. The molecule has 1 aliphatic heterocycles. The van der Waals surface area contributed by atoms with Gasteiger partial charge >= 0.3 is 5.97 Å². The molecule has 0 amide bonds. The first-order chi connectivity index (χ1) is 6.97. The Hall–Kier alpha value is -0.530. The molecule has 1 heterocycles. The summed E-state index contributed by atoms with van der Waals surface area (Å²) in [7, 11) is 0. The van der Waals surface area contributed by atoms with Crippen LogP contribution in [0.5, 0.6) is 0 Å². The highest BCUT2D eigenvalue weighted by Gasteiger charge is 2.39. The fraction of sp³-hybridized carbons (Fsp3) is 0.923. The number of ether oxygens (including phenoxy) is 1. The first-order valence-corrected chi connectivity index (χ1v) is 6.16. The number of rotatable bonds is 0. The molecule has 3 atom stereocenters. The van der Waals surface area contributed by atoms with E-state index in [9.17, 15) is 4.79 Å². The summed E-state index contributed by atoms with van der Waals surface area (Å²) >= 11 is 0. The molecule has 2 heteroatoms. The molecular weight excluding hydrogens is 188 g/mol. The van der Waals surface area contributed by atoms with Gasteiger partial charge in [-0.3, -0.25) is 4.79 Å². The largest absolute Gasteiger partial charge is 0.462 e. The van der Waals surface area contributed by atoms with Crippen molar-refractivity contribution in [1.82, 2.24) is 0 Å². The summed E-state index contributed by atoms with van der Waals surface area (Å²) in [5.41, 5.74) is 0.409. The zero-order valence-corrected chi connectivity index (χ0v) is 10.1. The van der Waals surface area contributed by atoms with Gasteiger partial charge in [0.2, 0.25) is 0 Å². The number of hydrogen-bond acceptors (Lipinski definition) is 2. The van der Waals surface area contributed by atoms with Crippen LogP contribution in [0.3, 0.4) is 0 Å². The monoisotopic (exact) mass is 210 g/mol. The van der Waals surface area contributed by atoms with Crippen molar-refractivity contribution in [3.8, 4) is 0 Å². The molecule has 1 saturated carbocycles. The Kier molecular flexibility index (Phi) is 2.78. The van der Waals surface area contributed by atoms with Crippen LogP contribution in [0, 0.1) is 17.3 Å². The van der Waals surface area contributed by atoms with Gasteiger partial charge in [-0.25, -0.2) is 0 Å². The highest BCUT2D eigenvalue weighted by molar-refractivity contribution is 5.70. The van der Waals surface area contributed by atoms with Gasteiger partial charge in [0.15, 0.2) is 0 Å². The van der Waals surface area contributed by atoms with Gasteiger partial charge in [-0.2, -0.15) is 0 Å². The summed E-state index contributed by atoms with van der Waals surface area (Å²) in [4.78, 5) is 11.2. The van der Waals surface area contributed by atoms with Gasteiger partial charge in [-0.05, 0) is 42.9 Å². The second-order valence-corrected chi connectivity index (χ2v) is 6.20. The lowest BCUT2D eigenvalue weighted by Gasteiger charge is -2.43. The predicted molar refractivity (Wildman–Crippen MR) is 59.4 cm³/mol. The van der Waals surface area contributed by atoms with E-state index in [1.54, 1.807) is 0 Å². The normalized spacial score (nSPS) is 37.0. The lowest BCUT2D eigenvalue weighted by atomic mass is 9.67. The third-order valence-corrected chi connectivity index (χ3v) is 4.14. The number of carbonyl (C=O) groups excluding carboxylic acids is 1. The minimum Gasteiger partial charge on any atom is -0.462 e. The van der Waals surface area contributed by atoms with Gasteiger partial charge in [0.05, 0.1) is 0 Å². The average molecular weight is 210 g/mol. The smallest absolute Gasteiger partial charge is 0.306 e. The van der Waals surface area contributed by atoms with E-state index in [4.69, 9.17) is 4.74 Å². The molecule has 0 aromatic rings. The maximum absolute atomic E-state index is 11.2. The van der Waals surface area contributed by atoms with Crippen LogP contribution >= 0.6 is 0 Å². The van der Waals surface area contributed by atoms with Crippen LogP contribution in [0.1, 0.15) is 52.9 Å². The van der Waals surface area contributed by atoms with Gasteiger partial charge < -0.3 is 4.74 Å². The molecule has 0 bridgehead atoms. The van der Waals surface area contributed by atoms with Gasteiger partial charge in [0, 0.05) is 6.42 Å². The van der Waals surface area contributed by atoms with Gasteiger partial charge in [0.25, 0.3) is 0 Å². The van der Waals surface area contributed by atoms with E-state index in [2.05, 4.69) is 20.8 Å². The van der Waals surface area contributed by atoms with Crippen LogP contribution in [0.4, 0.5) is 0 Å². The van der Waals surface area contributed by atoms with Gasteiger partial charge in [-0.15, -0.1) is 0 Å². The summed E-state index contributed by atoms with van der Waals surface area (Å²) in [6, 6.07) is 0. The summed E-state index contributed by atoms with van der Waals surface area (Å²) in [6.45, 7) is 6.98. The van der Waals surface area contributed by atoms with E-state index in [0.29, 0.717) is 17.8 Å². The minimum absolute atomic E-state index is 0.0189. The van der Waals surface area contributed by atoms with Crippen LogP contribution in [-0.4, -0.2) is 12.1 Å². The molecule has 0 unspecified atom stereocenters. The highest BCUT2D eigenvalue weighted by atomic mass is 16.5. The number of fused-ring (bicyclic) bond motifs is 1. The topological polar surface area (TPSA) is 26.3 Å². The molecule has 2 aliphatic rings. The molecule has 0 spiro atoms. The molecule has 1 saturated heterocycles. The van der Waals surface area contributed by atoms with E-state index in [1.165, 1.54) is 12.8 Å². The Bertz CT molecular complexity index is 252. The molecule has 1 aliphatic carbocycles. The van der Waals surface area contributed by atoms with Crippen molar-refractivity contribution in [2.45, 2.75) is 59.0 Å². The van der Waals surface area contributed by atoms with Crippen molar-refractivity contribution in [1.29, 1.82) is 0 Å². The van der Waals surface area contributed by atoms with E-state index in [-0.39, 0.29) is 12.1 Å². The van der Waals surface area contributed by atoms with Crippen LogP contribution in [0.2, 0.25) is 0 Å². The maximum atomic E-state index is 11.2. The molecule has 0 N–H and O–H groups in total. The highest BCUT2D eigenvalue weighted by Crippen LogP contribution is 2.44. The first-order valence-electron chi connectivity index (χ1n) is 6.16. The molecule has 0 aromatic carbocycles. The number of hydrogen-bond donors (Lipinski definition) is 0. The molecule has 2 rings (SSSR count). The van der Waals surface area contributed by atoms with Gasteiger partial charge in [-0.1, -0.05) is 20.8 Å². The quantitative estimate of drug-likeness (QED) is 0.574. The van der Waals surface area contributed by atoms with Crippen molar-refractivity contribution in [2.24, 2.45) is 17.3 Å². The summed E-state index contributed by atoms with van der Waals surface area (Å²) in [5, 5.41) is 0. The molecule has 0 radical (unpaired) electrons. The molecule has 2 fully saturated rings. The Labute approximate surface area is 92.4 Å². The second-order valence-electron chi connectivity index (χ2n) is 6.20. The number of esters is 1. The molecule has 15 heavy (non-hydrogen) atoms. The summed E-state index contributed by atoms with van der Waals surface area (Å²) < 4.78 is 5.41. The first kappa shape index (κ1) is 11.0. The Morgan fingerprint density at radius 2 is 1.93 bits per heavy atom. The lowest BCUT2D eigenvalue weighted by molar-refractivity contribution is -0.162. The molecular formula is C13H22O2. The van der Waals surface area contributed by atoms with E-state index >= 15 is 0 Å². The van der Waals surface area contributed by atoms with Crippen molar-refractivity contribution >= 4 is 5.97 Å². The van der Waals surface area contributed by atoms with Crippen molar-refractivity contribution < 1.29 is 9.53 Å². The third-order valence-electron chi connectivity index (χ3n) is 4.14. The predicted octanol–water partition coefficient (Wildman–Crippen LogP) is 3.15. The van der Waals surface area contributed by atoms with Crippen molar-refractivity contribution in [2.75, 3.05) is 0 Å². The third kappa shape index (κ3) is 2.35. The van der Waals surface area contributed by atoms with Crippen LogP contribution in [0.25, 0.3) is 0 Å². The minimum atomic E-state index is 0.0189. The second kappa shape index (κ2) is 3.80. The molecule has 0 aromatic heterocycles.